The standard InChI is InChI=1S/C18H29BN4O6S.C2HF3O2/c20-18(17(24)25)13-22(12-15(18)7-4-8-19(26)27)30(28,29)23(16-9-21-10-16)11-14-5-2-1-3-6-14;3-2(4,5)1(6)7/h1-3,5-6,15-16,21,26-27H,4,7-13,20H2,(H,24,25);(H,6,7)/t15-,18-;/m0./s1. The lowest BCUT2D eigenvalue weighted by Gasteiger charge is -2.39. The average molecular weight is 554 g/mol. The maximum Gasteiger partial charge on any atom is 0.490 e. The lowest BCUT2D eigenvalue weighted by molar-refractivity contribution is -0.192. The first-order chi connectivity index (χ1) is 17.1. The fourth-order valence-electron chi connectivity index (χ4n) is 4.00. The minimum absolute atomic E-state index is 0.0158. The molecule has 2 heterocycles. The van der Waals surface area contributed by atoms with E-state index < -0.39 is 46.9 Å². The maximum atomic E-state index is 13.5. The Balaban J connectivity index is 0.000000604. The maximum absolute atomic E-state index is 13.5. The van der Waals surface area contributed by atoms with Gasteiger partial charge < -0.3 is 31.3 Å². The summed E-state index contributed by atoms with van der Waals surface area (Å²) in [6.07, 6.45) is -4.38. The van der Waals surface area contributed by atoms with Crippen LogP contribution in [0.1, 0.15) is 18.4 Å². The molecular formula is C20H30BF3N4O8S. The molecule has 1 aromatic rings. The smallest absolute Gasteiger partial charge is 0.480 e. The number of hydrogen-bond donors (Lipinski definition) is 6. The van der Waals surface area contributed by atoms with Gasteiger partial charge in [0.15, 0.2) is 0 Å². The SMILES string of the molecule is N[C@@]1(C(=O)O)CN(S(=O)(=O)N(Cc2ccccc2)C2CNC2)C[C@@H]1CCCB(O)O.O=C(O)C(F)(F)F. The van der Waals surface area contributed by atoms with Crippen molar-refractivity contribution in [1.29, 1.82) is 0 Å². The van der Waals surface area contributed by atoms with E-state index >= 15 is 0 Å². The average Bonchev–Trinajstić information content (AvgIpc) is 3.11. The summed E-state index contributed by atoms with van der Waals surface area (Å²) in [7, 11) is -5.44. The second-order valence-corrected chi connectivity index (χ2v) is 10.8. The van der Waals surface area contributed by atoms with Gasteiger partial charge in [0.2, 0.25) is 0 Å². The van der Waals surface area contributed by atoms with E-state index in [1.807, 2.05) is 30.3 Å². The summed E-state index contributed by atoms with van der Waals surface area (Å²) >= 11 is 0. The molecule has 0 unspecified atom stereocenters. The lowest BCUT2D eigenvalue weighted by Crippen LogP contribution is -2.61. The van der Waals surface area contributed by atoms with Gasteiger partial charge in [0, 0.05) is 38.6 Å². The number of nitrogens with one attached hydrogen (secondary N) is 1. The molecule has 37 heavy (non-hydrogen) atoms. The monoisotopic (exact) mass is 554 g/mol. The van der Waals surface area contributed by atoms with Crippen LogP contribution in [0.2, 0.25) is 6.32 Å². The summed E-state index contributed by atoms with van der Waals surface area (Å²) in [5, 5.41) is 38.0. The van der Waals surface area contributed by atoms with Crippen molar-refractivity contribution in [1.82, 2.24) is 13.9 Å². The fraction of sp³-hybridized carbons (Fsp3) is 0.600. The number of aliphatic carboxylic acids is 2. The van der Waals surface area contributed by atoms with Crippen molar-refractivity contribution in [3.05, 3.63) is 35.9 Å². The van der Waals surface area contributed by atoms with Crippen LogP contribution in [-0.2, 0) is 26.3 Å². The molecule has 2 fully saturated rings. The highest BCUT2D eigenvalue weighted by molar-refractivity contribution is 7.86. The van der Waals surface area contributed by atoms with E-state index in [0.717, 1.165) is 5.56 Å². The third-order valence-corrected chi connectivity index (χ3v) is 8.17. The molecular weight excluding hydrogens is 524 g/mol. The number of hydrogen-bond acceptors (Lipinski definition) is 8. The molecule has 3 rings (SSSR count). The van der Waals surface area contributed by atoms with E-state index in [1.54, 1.807) is 0 Å². The van der Waals surface area contributed by atoms with Gasteiger partial charge in [-0.2, -0.15) is 30.2 Å². The number of nitrogens with zero attached hydrogens (tertiary/aromatic N) is 2. The van der Waals surface area contributed by atoms with Crippen molar-refractivity contribution < 1.29 is 51.4 Å². The predicted molar refractivity (Wildman–Crippen MR) is 125 cm³/mol. The number of carbonyl (C=O) groups is 2. The number of alkyl halides is 3. The first-order valence-corrected chi connectivity index (χ1v) is 12.7. The van der Waals surface area contributed by atoms with Crippen LogP contribution in [0.5, 0.6) is 0 Å². The Morgan fingerprint density at radius 1 is 1.19 bits per heavy atom. The lowest BCUT2D eigenvalue weighted by atomic mass is 9.78. The van der Waals surface area contributed by atoms with Crippen LogP contribution in [0, 0.1) is 5.92 Å². The second kappa shape index (κ2) is 12.5. The summed E-state index contributed by atoms with van der Waals surface area (Å²) in [6, 6.07) is 9.04. The van der Waals surface area contributed by atoms with E-state index in [0.29, 0.717) is 19.5 Å². The molecule has 0 spiro atoms. The molecule has 0 aliphatic carbocycles. The third kappa shape index (κ3) is 8.10. The molecule has 12 nitrogen and oxygen atoms in total. The molecule has 0 aromatic heterocycles. The first kappa shape index (κ1) is 30.9. The van der Waals surface area contributed by atoms with Crippen molar-refractivity contribution >= 4 is 29.3 Å². The van der Waals surface area contributed by atoms with Crippen molar-refractivity contribution in [2.24, 2.45) is 11.7 Å². The molecule has 7 N–H and O–H groups in total. The molecule has 17 heteroatoms. The second-order valence-electron chi connectivity index (χ2n) is 8.90. The van der Waals surface area contributed by atoms with E-state index in [2.05, 4.69) is 5.32 Å². The molecule has 208 valence electrons. The van der Waals surface area contributed by atoms with E-state index in [4.69, 9.17) is 25.7 Å². The minimum atomic E-state index is -5.08. The Labute approximate surface area is 212 Å². The van der Waals surface area contributed by atoms with Gasteiger partial charge >= 0.3 is 25.2 Å². The predicted octanol–water partition coefficient (Wildman–Crippen LogP) is -0.695. The van der Waals surface area contributed by atoms with Crippen molar-refractivity contribution in [3.63, 3.8) is 0 Å². The molecule has 0 amide bonds. The van der Waals surface area contributed by atoms with Crippen LogP contribution in [0.4, 0.5) is 13.2 Å². The van der Waals surface area contributed by atoms with Crippen LogP contribution < -0.4 is 11.1 Å². The van der Waals surface area contributed by atoms with Crippen LogP contribution in [0.15, 0.2) is 30.3 Å². The zero-order chi connectivity index (χ0) is 28.0. The van der Waals surface area contributed by atoms with Gasteiger partial charge in [-0.15, -0.1) is 0 Å². The van der Waals surface area contributed by atoms with Crippen LogP contribution >= 0.6 is 0 Å². The molecule has 0 bridgehead atoms. The number of carboxylic acids is 2. The highest BCUT2D eigenvalue weighted by atomic mass is 32.2. The van der Waals surface area contributed by atoms with Crippen molar-refractivity contribution in [2.75, 3.05) is 26.2 Å². The van der Waals surface area contributed by atoms with Gasteiger partial charge in [-0.25, -0.2) is 4.79 Å². The van der Waals surface area contributed by atoms with Crippen LogP contribution in [0.25, 0.3) is 0 Å². The van der Waals surface area contributed by atoms with Gasteiger partial charge in [-0.05, 0) is 18.3 Å². The number of carboxylic acid groups (broad SMARTS) is 2. The summed E-state index contributed by atoms with van der Waals surface area (Å²) in [5.74, 6) is -4.64. The molecule has 2 saturated heterocycles. The summed E-state index contributed by atoms with van der Waals surface area (Å²) in [4.78, 5) is 20.8. The topological polar surface area (TPSA) is 194 Å². The number of benzene rings is 1. The zero-order valence-corrected chi connectivity index (χ0v) is 20.5. The van der Waals surface area contributed by atoms with Crippen LogP contribution in [-0.4, -0.2) is 100 Å². The molecule has 2 aliphatic heterocycles. The van der Waals surface area contributed by atoms with Crippen molar-refractivity contribution in [3.8, 4) is 0 Å². The third-order valence-electron chi connectivity index (χ3n) is 6.22. The molecule has 1 aromatic carbocycles. The van der Waals surface area contributed by atoms with Gasteiger partial charge in [0.05, 0.1) is 6.04 Å². The normalized spacial score (nSPS) is 22.7. The largest absolute Gasteiger partial charge is 0.490 e. The highest BCUT2D eigenvalue weighted by Crippen LogP contribution is 2.34. The van der Waals surface area contributed by atoms with E-state index in [1.165, 1.54) is 8.61 Å². The van der Waals surface area contributed by atoms with Crippen LogP contribution in [0.3, 0.4) is 0 Å². The Kier molecular flexibility index (Phi) is 10.5. The summed E-state index contributed by atoms with van der Waals surface area (Å²) < 4.78 is 61.3. The van der Waals surface area contributed by atoms with Gasteiger partial charge in [0.1, 0.15) is 5.54 Å². The Morgan fingerprint density at radius 2 is 1.76 bits per heavy atom. The molecule has 0 radical (unpaired) electrons. The quantitative estimate of drug-likeness (QED) is 0.202. The Morgan fingerprint density at radius 3 is 2.19 bits per heavy atom. The fourth-order valence-corrected chi connectivity index (χ4v) is 5.88. The first-order valence-electron chi connectivity index (χ1n) is 11.3. The van der Waals surface area contributed by atoms with Gasteiger partial charge in [-0.3, -0.25) is 4.79 Å². The van der Waals surface area contributed by atoms with E-state index in [-0.39, 0.29) is 38.4 Å². The Hall–Kier alpha value is -2.28. The zero-order valence-electron chi connectivity index (χ0n) is 19.7. The number of rotatable bonds is 10. The molecule has 2 aliphatic rings. The highest BCUT2D eigenvalue weighted by Gasteiger charge is 2.54. The van der Waals surface area contributed by atoms with E-state index in [9.17, 15) is 31.5 Å². The molecule has 2 atom stereocenters. The Bertz CT molecular complexity index is 1030. The summed E-state index contributed by atoms with van der Waals surface area (Å²) in [6.45, 7) is 0.924. The molecule has 0 saturated carbocycles. The van der Waals surface area contributed by atoms with Gasteiger partial charge in [-0.1, -0.05) is 36.8 Å². The van der Waals surface area contributed by atoms with Crippen molar-refractivity contribution in [2.45, 2.75) is 43.5 Å². The summed E-state index contributed by atoms with van der Waals surface area (Å²) in [5.41, 5.74) is 5.29. The number of nitrogens with two attached hydrogens (primary N) is 1. The van der Waals surface area contributed by atoms with Gasteiger partial charge in [0.25, 0.3) is 10.2 Å². The number of halogens is 3. The minimum Gasteiger partial charge on any atom is -0.480 e.